The van der Waals surface area contributed by atoms with Gasteiger partial charge in [0.05, 0.1) is 10.6 Å². The van der Waals surface area contributed by atoms with Crippen molar-refractivity contribution in [1.82, 2.24) is 0 Å². The topological polar surface area (TPSA) is 80.5 Å². The minimum atomic E-state index is -4.11. The highest BCUT2D eigenvalue weighted by atomic mass is 32.2. The summed E-state index contributed by atoms with van der Waals surface area (Å²) in [6.07, 6.45) is 0. The largest absolute Gasteiger partial charge is 0.289 e. The van der Waals surface area contributed by atoms with Crippen molar-refractivity contribution in [2.24, 2.45) is 0 Å². The van der Waals surface area contributed by atoms with E-state index in [0.717, 1.165) is 28.6 Å². The molecule has 0 saturated heterocycles. The van der Waals surface area contributed by atoms with E-state index in [2.05, 4.69) is 0 Å². The van der Waals surface area contributed by atoms with E-state index in [1.807, 2.05) is 0 Å². The quantitative estimate of drug-likeness (QED) is 0.642. The molecule has 0 atom stereocenters. The van der Waals surface area contributed by atoms with Gasteiger partial charge >= 0.3 is 0 Å². The molecule has 0 amide bonds. The molecule has 0 aromatic heterocycles. The maximum Gasteiger partial charge on any atom is 0.289 e. The molecule has 0 aliphatic carbocycles. The van der Waals surface area contributed by atoms with Gasteiger partial charge in [-0.05, 0) is 30.3 Å². The van der Waals surface area contributed by atoms with E-state index in [9.17, 15) is 22.9 Å². The molecule has 2 rings (SSSR count). The maximum atomic E-state index is 12.9. The molecule has 0 saturated carbocycles. The van der Waals surface area contributed by atoms with Crippen LogP contribution in [0.3, 0.4) is 0 Å². The molecular weight excluding hydrogens is 299 g/mol. The van der Waals surface area contributed by atoms with Crippen LogP contribution in [-0.2, 0) is 10.0 Å². The van der Waals surface area contributed by atoms with Crippen LogP contribution >= 0.6 is 0 Å². The average Bonchev–Trinajstić information content (AvgIpc) is 2.47. The van der Waals surface area contributed by atoms with Crippen LogP contribution in [0.4, 0.5) is 15.8 Å². The van der Waals surface area contributed by atoms with Crippen molar-refractivity contribution in [3.8, 4) is 0 Å². The van der Waals surface area contributed by atoms with Crippen molar-refractivity contribution in [2.45, 2.75) is 4.90 Å². The number of halogens is 1. The normalized spacial score (nSPS) is 11.1. The summed E-state index contributed by atoms with van der Waals surface area (Å²) in [6, 6.07) is 9.84. The van der Waals surface area contributed by atoms with E-state index in [0.29, 0.717) is 0 Å². The highest BCUT2D eigenvalue weighted by Gasteiger charge is 2.29. The van der Waals surface area contributed by atoms with Gasteiger partial charge in [0.2, 0.25) is 0 Å². The molecule has 6 nitrogen and oxygen atoms in total. The summed E-state index contributed by atoms with van der Waals surface area (Å²) in [5.41, 5.74) is -0.305. The number of hydrogen-bond acceptors (Lipinski definition) is 4. The Balaban J connectivity index is 2.52. The zero-order valence-electron chi connectivity index (χ0n) is 10.9. The molecule has 0 N–H and O–H groups in total. The van der Waals surface area contributed by atoms with E-state index in [1.165, 1.54) is 31.3 Å². The number of anilines is 1. The van der Waals surface area contributed by atoms with Crippen molar-refractivity contribution < 1.29 is 17.7 Å². The molecule has 0 heterocycles. The number of nitrogens with zero attached hydrogens (tertiary/aromatic N) is 2. The Labute approximate surface area is 120 Å². The molecule has 0 aliphatic rings. The van der Waals surface area contributed by atoms with Crippen LogP contribution in [0.2, 0.25) is 0 Å². The lowest BCUT2D eigenvalue weighted by Crippen LogP contribution is -2.27. The molecule has 2 aromatic carbocycles. The molecule has 21 heavy (non-hydrogen) atoms. The predicted octanol–water partition coefficient (Wildman–Crippen LogP) is 2.56. The average molecular weight is 310 g/mol. The van der Waals surface area contributed by atoms with Crippen LogP contribution < -0.4 is 4.31 Å². The summed E-state index contributed by atoms with van der Waals surface area (Å²) in [6.45, 7) is 0. The van der Waals surface area contributed by atoms with Crippen LogP contribution in [0.5, 0.6) is 0 Å². The summed E-state index contributed by atoms with van der Waals surface area (Å²) in [5, 5.41) is 10.9. The number of para-hydroxylation sites is 1. The lowest BCUT2D eigenvalue weighted by Gasteiger charge is -2.19. The minimum absolute atomic E-state index is 0.203. The SMILES string of the molecule is CN(c1ccc(F)cc1)S(=O)(=O)c1ccccc1[N+](=O)[O-]. The Morgan fingerprint density at radius 1 is 1.10 bits per heavy atom. The molecule has 110 valence electrons. The number of benzene rings is 2. The van der Waals surface area contributed by atoms with E-state index < -0.39 is 31.3 Å². The van der Waals surface area contributed by atoms with E-state index in [-0.39, 0.29) is 5.69 Å². The van der Waals surface area contributed by atoms with Gasteiger partial charge in [0, 0.05) is 13.1 Å². The fourth-order valence-electron chi connectivity index (χ4n) is 1.76. The fourth-order valence-corrected chi connectivity index (χ4v) is 3.12. The van der Waals surface area contributed by atoms with Crippen LogP contribution in [0.25, 0.3) is 0 Å². The number of rotatable bonds is 4. The highest BCUT2D eigenvalue weighted by Crippen LogP contribution is 2.28. The molecule has 0 aliphatic heterocycles. The Hall–Kier alpha value is -2.48. The molecule has 0 spiro atoms. The fraction of sp³-hybridized carbons (Fsp3) is 0.0769. The summed E-state index contributed by atoms with van der Waals surface area (Å²) in [4.78, 5) is 9.77. The van der Waals surface area contributed by atoms with Crippen LogP contribution in [0, 0.1) is 15.9 Å². The van der Waals surface area contributed by atoms with Gasteiger partial charge in [-0.3, -0.25) is 14.4 Å². The Kier molecular flexibility index (Phi) is 3.90. The summed E-state index contributed by atoms with van der Waals surface area (Å²) >= 11 is 0. The third-order valence-electron chi connectivity index (χ3n) is 2.89. The first-order valence-electron chi connectivity index (χ1n) is 5.82. The van der Waals surface area contributed by atoms with Gasteiger partial charge in [-0.2, -0.15) is 0 Å². The first-order chi connectivity index (χ1) is 9.84. The van der Waals surface area contributed by atoms with Crippen molar-refractivity contribution in [2.75, 3.05) is 11.4 Å². The van der Waals surface area contributed by atoms with Crippen molar-refractivity contribution >= 4 is 21.4 Å². The van der Waals surface area contributed by atoms with E-state index in [1.54, 1.807) is 0 Å². The van der Waals surface area contributed by atoms with Gasteiger partial charge < -0.3 is 0 Å². The minimum Gasteiger partial charge on any atom is -0.269 e. The number of nitro benzene ring substituents is 1. The summed E-state index contributed by atoms with van der Waals surface area (Å²) in [5.74, 6) is -0.504. The molecule has 8 heteroatoms. The second kappa shape index (κ2) is 5.49. The Morgan fingerprint density at radius 3 is 2.24 bits per heavy atom. The smallest absolute Gasteiger partial charge is 0.269 e. The van der Waals surface area contributed by atoms with Gasteiger partial charge in [-0.15, -0.1) is 0 Å². The second-order valence-corrected chi connectivity index (χ2v) is 6.11. The predicted molar refractivity (Wildman–Crippen MR) is 75.1 cm³/mol. The number of nitro groups is 1. The van der Waals surface area contributed by atoms with Crippen LogP contribution in [0.1, 0.15) is 0 Å². The summed E-state index contributed by atoms with van der Waals surface area (Å²) in [7, 11) is -2.86. The molecule has 0 unspecified atom stereocenters. The molecule has 2 aromatic rings. The van der Waals surface area contributed by atoms with Gasteiger partial charge in [0.25, 0.3) is 15.7 Å². The Morgan fingerprint density at radius 2 is 1.67 bits per heavy atom. The monoisotopic (exact) mass is 310 g/mol. The number of sulfonamides is 1. The van der Waals surface area contributed by atoms with Crippen molar-refractivity contribution in [3.63, 3.8) is 0 Å². The van der Waals surface area contributed by atoms with Crippen molar-refractivity contribution in [1.29, 1.82) is 0 Å². The van der Waals surface area contributed by atoms with Gasteiger partial charge in [0.15, 0.2) is 4.90 Å². The molecule has 0 fully saturated rings. The Bertz CT molecular complexity index is 775. The third-order valence-corrected chi connectivity index (χ3v) is 4.72. The van der Waals surface area contributed by atoms with E-state index in [4.69, 9.17) is 0 Å². The molecule has 0 radical (unpaired) electrons. The highest BCUT2D eigenvalue weighted by molar-refractivity contribution is 7.93. The zero-order valence-corrected chi connectivity index (χ0v) is 11.7. The van der Waals surface area contributed by atoms with E-state index >= 15 is 0 Å². The maximum absolute atomic E-state index is 12.9. The number of hydrogen-bond donors (Lipinski definition) is 0. The van der Waals surface area contributed by atoms with Gasteiger partial charge in [-0.1, -0.05) is 12.1 Å². The zero-order chi connectivity index (χ0) is 15.6. The van der Waals surface area contributed by atoms with Crippen molar-refractivity contribution in [3.05, 3.63) is 64.5 Å². The third kappa shape index (κ3) is 2.84. The van der Waals surface area contributed by atoms with Crippen LogP contribution in [-0.4, -0.2) is 20.4 Å². The van der Waals surface area contributed by atoms with Crippen LogP contribution in [0.15, 0.2) is 53.4 Å². The lowest BCUT2D eigenvalue weighted by molar-refractivity contribution is -0.387. The lowest BCUT2D eigenvalue weighted by atomic mass is 10.3. The first kappa shape index (κ1) is 14.9. The first-order valence-corrected chi connectivity index (χ1v) is 7.26. The van der Waals surface area contributed by atoms with Gasteiger partial charge in [-0.25, -0.2) is 12.8 Å². The van der Waals surface area contributed by atoms with Gasteiger partial charge in [0.1, 0.15) is 5.82 Å². The second-order valence-electron chi connectivity index (χ2n) is 4.17. The molecule has 0 bridgehead atoms. The standard InChI is InChI=1S/C13H11FN2O4S/c1-15(11-8-6-10(14)7-9-11)21(19,20)13-5-3-2-4-12(13)16(17)18/h2-9H,1H3. The summed E-state index contributed by atoms with van der Waals surface area (Å²) < 4.78 is 38.7. The molecular formula is C13H11FN2O4S.